The Morgan fingerprint density at radius 1 is 1.00 bits per heavy atom. The van der Waals surface area contributed by atoms with Gasteiger partial charge in [0.15, 0.2) is 11.2 Å². The summed E-state index contributed by atoms with van der Waals surface area (Å²) in [6, 6.07) is 10.5. The van der Waals surface area contributed by atoms with E-state index in [0.717, 1.165) is 37.3 Å². The SMILES string of the molecule is CC(N1CCN(Cc2ccccc2)CC1)n1cnc2c1c(=O)n(C)c(=O)n2C. The molecule has 1 unspecified atom stereocenters. The lowest BCUT2D eigenvalue weighted by atomic mass is 10.2. The van der Waals surface area contributed by atoms with Gasteiger partial charge in [-0.2, -0.15) is 0 Å². The van der Waals surface area contributed by atoms with Gasteiger partial charge in [0.05, 0.1) is 12.5 Å². The molecule has 0 N–H and O–H groups in total. The average molecular weight is 382 g/mol. The minimum atomic E-state index is -0.357. The molecule has 1 fully saturated rings. The molecular weight excluding hydrogens is 356 g/mol. The van der Waals surface area contributed by atoms with Crippen molar-refractivity contribution < 1.29 is 0 Å². The van der Waals surface area contributed by atoms with Crippen LogP contribution in [0, 0.1) is 0 Å². The van der Waals surface area contributed by atoms with Crippen molar-refractivity contribution in [3.63, 3.8) is 0 Å². The summed E-state index contributed by atoms with van der Waals surface area (Å²) in [4.78, 5) is 34.0. The fourth-order valence-corrected chi connectivity index (χ4v) is 3.96. The van der Waals surface area contributed by atoms with Gasteiger partial charge in [-0.05, 0) is 12.5 Å². The number of aromatic nitrogens is 4. The summed E-state index contributed by atoms with van der Waals surface area (Å²) >= 11 is 0. The predicted molar refractivity (Wildman–Crippen MR) is 108 cm³/mol. The van der Waals surface area contributed by atoms with Crippen LogP contribution < -0.4 is 11.2 Å². The van der Waals surface area contributed by atoms with E-state index in [9.17, 15) is 9.59 Å². The minimum absolute atomic E-state index is 0.00548. The van der Waals surface area contributed by atoms with Crippen molar-refractivity contribution in [2.75, 3.05) is 26.2 Å². The number of fused-ring (bicyclic) bond motifs is 1. The number of nitrogens with zero attached hydrogens (tertiary/aromatic N) is 6. The van der Waals surface area contributed by atoms with Gasteiger partial charge in [-0.15, -0.1) is 0 Å². The van der Waals surface area contributed by atoms with Crippen molar-refractivity contribution in [1.29, 1.82) is 0 Å². The quantitative estimate of drug-likeness (QED) is 0.667. The molecule has 1 saturated heterocycles. The molecule has 3 aromatic rings. The van der Waals surface area contributed by atoms with E-state index in [-0.39, 0.29) is 17.4 Å². The van der Waals surface area contributed by atoms with Crippen molar-refractivity contribution in [2.24, 2.45) is 14.1 Å². The lowest BCUT2D eigenvalue weighted by molar-refractivity contribution is 0.0719. The van der Waals surface area contributed by atoms with Gasteiger partial charge < -0.3 is 4.57 Å². The first-order valence-electron chi connectivity index (χ1n) is 9.60. The van der Waals surface area contributed by atoms with E-state index >= 15 is 0 Å². The van der Waals surface area contributed by atoms with E-state index < -0.39 is 0 Å². The molecule has 0 saturated carbocycles. The maximum Gasteiger partial charge on any atom is 0.332 e. The fraction of sp³-hybridized carbons (Fsp3) is 0.450. The van der Waals surface area contributed by atoms with Crippen LogP contribution in [-0.2, 0) is 20.6 Å². The zero-order valence-corrected chi connectivity index (χ0v) is 16.6. The van der Waals surface area contributed by atoms with Crippen molar-refractivity contribution in [3.8, 4) is 0 Å². The van der Waals surface area contributed by atoms with Crippen LogP contribution in [0.1, 0.15) is 18.7 Å². The number of imidazole rings is 1. The van der Waals surface area contributed by atoms with Gasteiger partial charge in [-0.3, -0.25) is 23.7 Å². The van der Waals surface area contributed by atoms with Crippen molar-refractivity contribution >= 4 is 11.2 Å². The highest BCUT2D eigenvalue weighted by atomic mass is 16.2. The normalized spacial score (nSPS) is 17.2. The van der Waals surface area contributed by atoms with Gasteiger partial charge in [0.2, 0.25) is 0 Å². The first kappa shape index (κ1) is 18.6. The number of aryl methyl sites for hydroxylation is 1. The van der Waals surface area contributed by atoms with Crippen LogP contribution in [0.15, 0.2) is 46.2 Å². The van der Waals surface area contributed by atoms with Gasteiger partial charge in [0.1, 0.15) is 0 Å². The number of benzene rings is 1. The van der Waals surface area contributed by atoms with Gasteiger partial charge in [0, 0.05) is 46.8 Å². The van der Waals surface area contributed by atoms with Crippen LogP contribution in [0.2, 0.25) is 0 Å². The van der Waals surface area contributed by atoms with Crippen LogP contribution >= 0.6 is 0 Å². The Labute approximate surface area is 163 Å². The second-order valence-corrected chi connectivity index (χ2v) is 7.46. The van der Waals surface area contributed by atoms with Crippen molar-refractivity contribution in [3.05, 3.63) is 63.1 Å². The number of rotatable bonds is 4. The van der Waals surface area contributed by atoms with E-state index in [1.165, 1.54) is 17.2 Å². The molecule has 0 spiro atoms. The van der Waals surface area contributed by atoms with E-state index in [2.05, 4.69) is 46.0 Å². The Bertz CT molecular complexity index is 1090. The Morgan fingerprint density at radius 2 is 1.68 bits per heavy atom. The maximum atomic E-state index is 12.7. The monoisotopic (exact) mass is 382 g/mol. The molecule has 8 heteroatoms. The van der Waals surface area contributed by atoms with Gasteiger partial charge in [-0.1, -0.05) is 30.3 Å². The Balaban J connectivity index is 1.53. The third-order valence-corrected chi connectivity index (χ3v) is 5.76. The topological polar surface area (TPSA) is 68.3 Å². The van der Waals surface area contributed by atoms with Crippen molar-refractivity contribution in [1.82, 2.24) is 28.5 Å². The first-order chi connectivity index (χ1) is 13.5. The van der Waals surface area contributed by atoms with Crippen LogP contribution in [0.4, 0.5) is 0 Å². The average Bonchev–Trinajstić information content (AvgIpc) is 3.17. The molecule has 1 atom stereocenters. The standard InChI is InChI=1S/C20H26N6O2/c1-15(25-11-9-24(10-12-25)13-16-7-5-4-6-8-16)26-14-21-18-17(26)19(27)23(3)20(28)22(18)2/h4-8,14-15H,9-13H2,1-3H3. The highest BCUT2D eigenvalue weighted by molar-refractivity contribution is 5.70. The van der Waals surface area contributed by atoms with Crippen LogP contribution in [0.3, 0.4) is 0 Å². The molecule has 148 valence electrons. The molecule has 28 heavy (non-hydrogen) atoms. The van der Waals surface area contributed by atoms with E-state index in [0.29, 0.717) is 11.2 Å². The molecule has 3 heterocycles. The summed E-state index contributed by atoms with van der Waals surface area (Å²) in [5.41, 5.74) is 1.58. The summed E-state index contributed by atoms with van der Waals surface area (Å²) in [6.07, 6.45) is 1.67. The van der Waals surface area contributed by atoms with E-state index in [1.54, 1.807) is 13.4 Å². The third kappa shape index (κ3) is 3.18. The number of piperazine rings is 1. The van der Waals surface area contributed by atoms with Gasteiger partial charge in [0.25, 0.3) is 5.56 Å². The maximum absolute atomic E-state index is 12.7. The van der Waals surface area contributed by atoms with Crippen LogP contribution in [-0.4, -0.2) is 54.7 Å². The number of hydrogen-bond donors (Lipinski definition) is 0. The lowest BCUT2D eigenvalue weighted by Gasteiger charge is -2.38. The molecule has 0 amide bonds. The molecule has 1 aliphatic rings. The summed E-state index contributed by atoms with van der Waals surface area (Å²) < 4.78 is 4.47. The third-order valence-electron chi connectivity index (χ3n) is 5.76. The second kappa shape index (κ2) is 7.37. The summed E-state index contributed by atoms with van der Waals surface area (Å²) in [6.45, 7) is 6.82. The largest absolute Gasteiger partial charge is 0.332 e. The highest BCUT2D eigenvalue weighted by Crippen LogP contribution is 2.19. The molecule has 0 aliphatic carbocycles. The first-order valence-corrected chi connectivity index (χ1v) is 9.60. The summed E-state index contributed by atoms with van der Waals surface area (Å²) in [7, 11) is 3.16. The predicted octanol–water partition coefficient (Wildman–Crippen LogP) is 0.770. The second-order valence-electron chi connectivity index (χ2n) is 7.46. The molecule has 1 aromatic carbocycles. The Kier molecular flexibility index (Phi) is 4.91. The van der Waals surface area contributed by atoms with Crippen LogP contribution in [0.5, 0.6) is 0 Å². The molecule has 0 bridgehead atoms. The lowest BCUT2D eigenvalue weighted by Crippen LogP contribution is -2.48. The Hall–Kier alpha value is -2.71. The summed E-state index contributed by atoms with van der Waals surface area (Å²) in [5, 5.41) is 0. The number of hydrogen-bond acceptors (Lipinski definition) is 5. The van der Waals surface area contributed by atoms with Gasteiger partial charge >= 0.3 is 5.69 Å². The molecule has 0 radical (unpaired) electrons. The highest BCUT2D eigenvalue weighted by Gasteiger charge is 2.25. The fourth-order valence-electron chi connectivity index (χ4n) is 3.96. The van der Waals surface area contributed by atoms with Gasteiger partial charge in [-0.25, -0.2) is 9.78 Å². The Morgan fingerprint density at radius 3 is 2.36 bits per heavy atom. The minimum Gasteiger partial charge on any atom is -0.308 e. The van der Waals surface area contributed by atoms with Crippen LogP contribution in [0.25, 0.3) is 11.2 Å². The molecular formula is C20H26N6O2. The van der Waals surface area contributed by atoms with E-state index in [4.69, 9.17) is 0 Å². The molecule has 1 aliphatic heterocycles. The van der Waals surface area contributed by atoms with E-state index in [1.807, 2.05) is 10.6 Å². The smallest absolute Gasteiger partial charge is 0.308 e. The molecule has 8 nitrogen and oxygen atoms in total. The summed E-state index contributed by atoms with van der Waals surface area (Å²) in [5.74, 6) is 0. The molecule has 2 aromatic heterocycles. The molecule has 4 rings (SSSR count). The zero-order valence-electron chi connectivity index (χ0n) is 16.6. The zero-order chi connectivity index (χ0) is 19.8. The van der Waals surface area contributed by atoms with Crippen molar-refractivity contribution in [2.45, 2.75) is 19.6 Å².